The number of nitrogens with one attached hydrogen (secondary N) is 3. The van der Waals surface area contributed by atoms with Crippen LogP contribution in [0.4, 0.5) is 23.3 Å². The fourth-order valence-corrected chi connectivity index (χ4v) is 17.2. The molecule has 0 amide bonds. The van der Waals surface area contributed by atoms with Crippen molar-refractivity contribution in [3.63, 3.8) is 0 Å². The number of aliphatic hydroxyl groups is 3. The van der Waals surface area contributed by atoms with Gasteiger partial charge in [-0.3, -0.25) is 10.2 Å². The molecule has 11 aromatic rings. The number of fused-ring (bicyclic) bond motifs is 3. The van der Waals surface area contributed by atoms with Gasteiger partial charge in [0.1, 0.15) is 147 Å². The molecule has 0 saturated carbocycles. The first kappa shape index (κ1) is 110. The number of aromatic amines is 2. The maximum Gasteiger partial charge on any atom is 0.338 e. The van der Waals surface area contributed by atoms with Crippen molar-refractivity contribution >= 4 is 162 Å². The molecule has 3 saturated heterocycles. The van der Waals surface area contributed by atoms with Crippen LogP contribution in [0.3, 0.4) is 0 Å². The number of alkyl halides is 1. The molecule has 0 bridgehead atoms. The Morgan fingerprint density at radius 1 is 0.519 bits per heavy atom. The number of benzene rings is 4. The van der Waals surface area contributed by atoms with Gasteiger partial charge in [0.15, 0.2) is 29.4 Å². The van der Waals surface area contributed by atoms with Gasteiger partial charge in [0.25, 0.3) is 0 Å². The summed E-state index contributed by atoms with van der Waals surface area (Å²) in [5.74, 6) is 9.05. The number of nitriles is 5. The highest BCUT2D eigenvalue weighted by atomic mass is 35.5. The van der Waals surface area contributed by atoms with Crippen LogP contribution in [-0.4, -0.2) is 218 Å². The zero-order valence-corrected chi connectivity index (χ0v) is 80.1. The molecule has 47 heteroatoms. The number of ether oxygens (including phenoxy) is 7. The Morgan fingerprint density at radius 3 is 1.29 bits per heavy atom. The summed E-state index contributed by atoms with van der Waals surface area (Å²) in [6.07, 6.45) is 0.124. The molecule has 14 rings (SSSR count). The number of thioether (sulfide) groups is 6. The predicted molar refractivity (Wildman–Crippen MR) is 509 cm³/mol. The van der Waals surface area contributed by atoms with E-state index in [1.165, 1.54) is 48.1 Å². The number of halogens is 1. The minimum absolute atomic E-state index is 0. The predicted octanol–water partition coefficient (Wildman–Crippen LogP) is 12.4. The third-order valence-electron chi connectivity index (χ3n) is 18.1. The lowest BCUT2D eigenvalue weighted by Gasteiger charge is -2.19. The van der Waals surface area contributed by atoms with Crippen LogP contribution in [0, 0.1) is 84.4 Å². The van der Waals surface area contributed by atoms with Crippen LogP contribution in [0.15, 0.2) is 146 Å². The number of esters is 4. The lowest BCUT2D eigenvalue weighted by molar-refractivity contribution is -0.0593. The summed E-state index contributed by atoms with van der Waals surface area (Å²) in [5.41, 5.74) is 32.3. The highest BCUT2D eigenvalue weighted by Gasteiger charge is 2.43. The maximum absolute atomic E-state index is 13.0. The van der Waals surface area contributed by atoms with Crippen LogP contribution in [-0.2, 0) is 33.2 Å². The molecule has 9 atom stereocenters. The minimum atomic E-state index is -0.723. The van der Waals surface area contributed by atoms with Crippen molar-refractivity contribution in [2.24, 2.45) is 5.84 Å². The lowest BCUT2D eigenvalue weighted by Crippen LogP contribution is -2.32. The number of H-pyrrole nitrogens is 2. The Hall–Kier alpha value is -12.0. The van der Waals surface area contributed by atoms with Crippen LogP contribution in [0.5, 0.6) is 0 Å². The minimum Gasteiger partial charge on any atom is -0.459 e. The number of carbonyl (C=O) groups excluding carboxylic acids is 4. The van der Waals surface area contributed by atoms with Crippen molar-refractivity contribution in [3.8, 4) is 30.3 Å². The Kier molecular flexibility index (Phi) is 48.0. The van der Waals surface area contributed by atoms with Crippen LogP contribution in [0.2, 0.25) is 0 Å². The van der Waals surface area contributed by atoms with Crippen molar-refractivity contribution in [3.05, 3.63) is 176 Å². The third kappa shape index (κ3) is 32.7. The fraction of sp³-hybridized carbons (Fsp3) is 0.384. The molecular formula is C86H104ClN25O15S6. The van der Waals surface area contributed by atoms with E-state index in [0.717, 1.165) is 83.6 Å². The number of hydrazine groups is 1. The van der Waals surface area contributed by atoms with Crippen molar-refractivity contribution in [1.82, 2.24) is 75.4 Å². The van der Waals surface area contributed by atoms with Crippen LogP contribution < -0.4 is 34.4 Å². The molecule has 133 heavy (non-hydrogen) atoms. The van der Waals surface area contributed by atoms with Gasteiger partial charge in [-0.15, -0.1) is 76.2 Å². The van der Waals surface area contributed by atoms with Gasteiger partial charge in [0, 0.05) is 26.4 Å². The maximum atomic E-state index is 13.0. The lowest BCUT2D eigenvalue weighted by atomic mass is 10.1. The van der Waals surface area contributed by atoms with Crippen LogP contribution >= 0.6 is 82.2 Å². The molecule has 7 aromatic heterocycles. The summed E-state index contributed by atoms with van der Waals surface area (Å²) >= 11 is 15.4. The number of rotatable bonds is 25. The van der Waals surface area contributed by atoms with E-state index in [1.54, 1.807) is 117 Å². The Balaban J connectivity index is 0.000000254. The number of nitrogens with zero attached hydrogens (tertiary/aromatic N) is 17. The molecule has 3 fully saturated rings. The second-order valence-corrected chi connectivity index (χ2v) is 35.6. The molecule has 17 N–H and O–H groups in total. The number of anilines is 4. The summed E-state index contributed by atoms with van der Waals surface area (Å²) in [6.45, 7) is 19.5. The number of hydrogen-bond acceptors (Lipinski definition) is 42. The van der Waals surface area contributed by atoms with E-state index in [2.05, 4.69) is 68.2 Å². The summed E-state index contributed by atoms with van der Waals surface area (Å²) < 4.78 is 43.9. The number of aryl methyl sites for hydroxylation is 4. The van der Waals surface area contributed by atoms with E-state index in [1.807, 2.05) is 129 Å². The molecule has 706 valence electrons. The SMILES string of the molecule is CCSC(SCC)=C(C#N)C#N.CCSc1n[nH]c(N)c1C#N.CCSc1n[nH]c2ncnc(N)c12.CCSc1nn([C@H]2C[C@H](O)[C@@H](CO)O2)c2ncnc(N)c12.CCSc1nn([C@H]2C[C@H](OC(=O)c3ccc(C)cc3)[C@@H](COC(=O)c3ccc(C)cc3)O2)c2ncnc(N)c12.CO.Cc1ccc(C(=O)OC[C@H]2O[C@H](Cl)C[C@@H]2OC(=O)c2ccc(C)cc2)cc1.N#CCC#N.NNO. The molecule has 10 heterocycles. The molecule has 0 aliphatic carbocycles. The number of aliphatic hydroxyl groups excluding tert-OH is 3. The van der Waals surface area contributed by atoms with Gasteiger partial charge in [-0.2, -0.15) is 46.7 Å². The number of aromatic nitrogens is 14. The summed E-state index contributed by atoms with van der Waals surface area (Å²) in [7, 11) is 1.00. The molecule has 3 aliphatic rings. The second kappa shape index (κ2) is 58.1. The first-order valence-corrected chi connectivity index (χ1v) is 47.2. The van der Waals surface area contributed by atoms with E-state index < -0.39 is 78.5 Å². The normalized spacial score (nSPS) is 16.9. The van der Waals surface area contributed by atoms with Gasteiger partial charge in [-0.1, -0.05) is 124 Å². The Bertz CT molecular complexity index is 5780. The van der Waals surface area contributed by atoms with Crippen LogP contribution in [0.25, 0.3) is 33.1 Å². The number of hydrogen-bond donors (Lipinski definition) is 12. The van der Waals surface area contributed by atoms with Crippen molar-refractivity contribution < 1.29 is 72.9 Å². The summed E-state index contributed by atoms with van der Waals surface area (Å²) in [6, 6.07) is 37.5. The van der Waals surface area contributed by atoms with Crippen molar-refractivity contribution in [2.45, 2.75) is 170 Å². The Morgan fingerprint density at radius 2 is 0.895 bits per heavy atom. The molecule has 3 aliphatic heterocycles. The number of nitrogen functional groups attached to an aromatic ring is 4. The molecule has 0 unspecified atom stereocenters. The molecule has 40 nitrogen and oxygen atoms in total. The largest absolute Gasteiger partial charge is 0.459 e. The molecule has 0 radical (unpaired) electrons. The van der Waals surface area contributed by atoms with E-state index >= 15 is 0 Å². The third-order valence-corrected chi connectivity index (χ3v) is 24.1. The highest BCUT2D eigenvalue weighted by molar-refractivity contribution is 8.22. The fourth-order valence-electron chi connectivity index (χ4n) is 11.9. The first-order chi connectivity index (χ1) is 64.1. The monoisotopic (exact) mass is 1950 g/mol. The summed E-state index contributed by atoms with van der Waals surface area (Å²) in [5, 5.41) is 102. The van der Waals surface area contributed by atoms with E-state index in [0.29, 0.717) is 102 Å². The van der Waals surface area contributed by atoms with Gasteiger partial charge < -0.3 is 76.6 Å². The smallest absolute Gasteiger partial charge is 0.338 e. The quantitative estimate of drug-likeness (QED) is 0.00481. The van der Waals surface area contributed by atoms with E-state index in [4.69, 9.17) is 109 Å². The Labute approximate surface area is 797 Å². The van der Waals surface area contributed by atoms with Crippen LogP contribution in [0.1, 0.15) is 149 Å². The number of allylic oxidation sites excluding steroid dienone is 1. The van der Waals surface area contributed by atoms with Gasteiger partial charge in [0.05, 0.1) is 67.5 Å². The van der Waals surface area contributed by atoms with Gasteiger partial charge in [0.2, 0.25) is 0 Å². The average Bonchev–Trinajstić information content (AvgIpc) is 1.62. The highest BCUT2D eigenvalue weighted by Crippen LogP contribution is 2.40. The zero-order valence-electron chi connectivity index (χ0n) is 74.5. The van der Waals surface area contributed by atoms with Gasteiger partial charge in [-0.25, -0.2) is 64.3 Å². The number of nitrogens with two attached hydrogens (primary N) is 5. The average molecular weight is 1960 g/mol. The molecule has 4 aromatic carbocycles. The zero-order chi connectivity index (χ0) is 97.6. The van der Waals surface area contributed by atoms with Crippen molar-refractivity contribution in [1.29, 1.82) is 26.3 Å². The molecular weight excluding hydrogens is 1850 g/mol. The second-order valence-electron chi connectivity index (χ2n) is 27.3. The van der Waals surface area contributed by atoms with E-state index in [-0.39, 0.29) is 38.2 Å². The molecule has 0 spiro atoms. The first-order valence-electron chi connectivity index (χ1n) is 40.8. The number of carbonyl (C=O) groups is 4. The van der Waals surface area contributed by atoms with Gasteiger partial charge >= 0.3 is 23.9 Å². The topological polar surface area (TPSA) is 645 Å². The summed E-state index contributed by atoms with van der Waals surface area (Å²) in [4.78, 5) is 74.9. The van der Waals surface area contributed by atoms with Gasteiger partial charge in [-0.05, 0) is 111 Å². The standard InChI is InChI=1S/C28H29N5O5S.C21H21ClO5.C12H17N5O3S.C8H10N2S2.C7H9N5S.C6H8N4S.C3H2N2.CH4O.H4N2O/c1-4-39-26-23-24(29)30-15-31-25(23)33(32-26)22-13-20(38-28(35)19-11-7-17(3)8-12-19)21(37-22)14-36-27(34)18-9-5-16(2)6-10-18;1-13-3-7-15(8-4-13)20(23)25-12-18-17(11-19(22)26-18)27-21(24)16-9-5-14(2)6-10-16;1-2-21-12-9-10(13)14-5-15-11(9)17(16-12)8-3-6(19)7(4-18)20-8;1-3-11-8(12-4-2)7(5-9)6-10;1-2-13-7-4-5(8)9-3-10-6(4)11-12-7;1-2-11-6-4(3-7)5(8)9-10-6;4-2-1-3-5;1-2;1-2-3/h5-12,15,20-22H,4,13-14H2,1-3H3,(H2,29,30,31);3-10,17-19H,11-12H2,1-2H3;5-8,18-19H,2-4H2,1H3,(H2,13,14,15);3-4H2,1-2H3;3H,2H2,1H3,(H3,8,9,10,11,12);2H2,1H3,(H3,8,9,10);1H2;2H,1H3;2-3H,1H2/t20-,21+,22+;17-,18+,19-;6-,7+,8+;;;;;;/m000....../s1. The van der Waals surface area contributed by atoms with Crippen molar-refractivity contribution in [2.75, 3.05) is 84.4 Å². The van der Waals surface area contributed by atoms with E-state index in [9.17, 15) is 29.4 Å².